The molecule has 3 atom stereocenters. The summed E-state index contributed by atoms with van der Waals surface area (Å²) in [6.07, 6.45) is -2.49. The van der Waals surface area contributed by atoms with Crippen LogP contribution in [0.1, 0.15) is 18.1 Å². The molecule has 3 rings (SSSR count). The zero-order valence-electron chi connectivity index (χ0n) is 15.3. The van der Waals surface area contributed by atoms with E-state index in [9.17, 15) is 19.8 Å². The molecule has 4 N–H and O–H groups in total. The second-order valence-corrected chi connectivity index (χ2v) is 6.91. The zero-order valence-corrected chi connectivity index (χ0v) is 15.3. The minimum Gasteiger partial charge on any atom is -0.394 e. The first-order valence-electron chi connectivity index (χ1n) is 8.61. The molecule has 0 unspecified atom stereocenters. The molecule has 0 saturated heterocycles. The van der Waals surface area contributed by atoms with Crippen LogP contribution in [0.3, 0.4) is 0 Å². The van der Waals surface area contributed by atoms with E-state index in [0.717, 1.165) is 11.1 Å². The first-order valence-corrected chi connectivity index (χ1v) is 8.61. The lowest BCUT2D eigenvalue weighted by molar-refractivity contribution is -0.0423. The van der Waals surface area contributed by atoms with Crippen molar-refractivity contribution in [3.05, 3.63) is 44.1 Å². The average Bonchev–Trinajstić information content (AvgIpc) is 2.62. The van der Waals surface area contributed by atoms with Crippen molar-refractivity contribution in [2.24, 2.45) is 5.92 Å². The smallest absolute Gasteiger partial charge is 0.349 e. The van der Waals surface area contributed by atoms with Gasteiger partial charge >= 0.3 is 5.69 Å². The third-order valence-corrected chi connectivity index (χ3v) is 4.86. The quantitative estimate of drug-likeness (QED) is 0.443. The summed E-state index contributed by atoms with van der Waals surface area (Å²) in [5.74, 6) is -0.388. The highest BCUT2D eigenvalue weighted by Crippen LogP contribution is 2.25. The van der Waals surface area contributed by atoms with Crippen LogP contribution in [-0.2, 0) is 6.54 Å². The Bertz CT molecular complexity index is 1070. The number of aliphatic hydroxyl groups is 3. The molecule has 9 nitrogen and oxygen atoms in total. The van der Waals surface area contributed by atoms with Crippen molar-refractivity contribution >= 4 is 11.0 Å². The fraction of sp³-hybridized carbons (Fsp3) is 0.444. The maximum absolute atomic E-state index is 12.2. The molecule has 2 heterocycles. The Hall–Kier alpha value is -2.62. The van der Waals surface area contributed by atoms with E-state index in [4.69, 9.17) is 5.11 Å². The Morgan fingerprint density at radius 2 is 1.81 bits per heavy atom. The van der Waals surface area contributed by atoms with Crippen LogP contribution in [0.2, 0.25) is 0 Å². The SMILES string of the molecule is Cc1cc2nc3c(=O)[nH]c(=O)nc-3n(C[C@@H](C)[C@@H](O)[C@@H](O)CO)c2cc1C. The van der Waals surface area contributed by atoms with Crippen LogP contribution in [0, 0.1) is 19.8 Å². The Morgan fingerprint density at radius 3 is 2.48 bits per heavy atom. The molecule has 0 bridgehead atoms. The third kappa shape index (κ3) is 3.48. The molecule has 0 fully saturated rings. The lowest BCUT2D eigenvalue weighted by Gasteiger charge is -2.26. The van der Waals surface area contributed by atoms with E-state index in [1.54, 1.807) is 11.5 Å². The summed E-state index contributed by atoms with van der Waals surface area (Å²) in [4.78, 5) is 34.4. The summed E-state index contributed by atoms with van der Waals surface area (Å²) in [6, 6.07) is 3.72. The number of H-pyrrole nitrogens is 1. The highest BCUT2D eigenvalue weighted by atomic mass is 16.4. The van der Waals surface area contributed by atoms with Crippen LogP contribution in [-0.4, -0.2) is 53.7 Å². The van der Waals surface area contributed by atoms with E-state index in [0.29, 0.717) is 11.0 Å². The number of aryl methyl sites for hydroxylation is 2. The summed E-state index contributed by atoms with van der Waals surface area (Å²) in [6.45, 7) is 5.14. The van der Waals surface area contributed by atoms with Crippen LogP contribution in [0.15, 0.2) is 21.7 Å². The molecular weight excluding hydrogens is 352 g/mol. The van der Waals surface area contributed by atoms with Gasteiger partial charge in [0.25, 0.3) is 5.56 Å². The van der Waals surface area contributed by atoms with Gasteiger partial charge in [-0.2, -0.15) is 4.98 Å². The summed E-state index contributed by atoms with van der Waals surface area (Å²) < 4.78 is 1.65. The van der Waals surface area contributed by atoms with Gasteiger partial charge in [-0.3, -0.25) is 9.78 Å². The molecule has 0 radical (unpaired) electrons. The molecule has 144 valence electrons. The molecular formula is C18H22N4O5. The molecule has 0 saturated carbocycles. The highest BCUT2D eigenvalue weighted by molar-refractivity contribution is 5.81. The van der Waals surface area contributed by atoms with Crippen molar-refractivity contribution in [1.82, 2.24) is 19.5 Å². The molecule has 0 aliphatic carbocycles. The van der Waals surface area contributed by atoms with Gasteiger partial charge in [-0.25, -0.2) is 9.78 Å². The molecule has 0 spiro atoms. The second-order valence-electron chi connectivity index (χ2n) is 6.91. The van der Waals surface area contributed by atoms with Gasteiger partial charge in [-0.15, -0.1) is 0 Å². The second kappa shape index (κ2) is 7.18. The predicted octanol–water partition coefficient (Wildman–Crippen LogP) is -0.448. The largest absolute Gasteiger partial charge is 0.394 e. The maximum Gasteiger partial charge on any atom is 0.349 e. The van der Waals surface area contributed by atoms with Crippen molar-refractivity contribution in [3.63, 3.8) is 0 Å². The number of hydrogen-bond acceptors (Lipinski definition) is 7. The summed E-state index contributed by atoms with van der Waals surface area (Å²) in [5, 5.41) is 29.0. The lowest BCUT2D eigenvalue weighted by atomic mass is 9.99. The van der Waals surface area contributed by atoms with Crippen LogP contribution in [0.4, 0.5) is 0 Å². The van der Waals surface area contributed by atoms with Gasteiger partial charge in [0.05, 0.1) is 23.7 Å². The van der Waals surface area contributed by atoms with Gasteiger partial charge in [-0.05, 0) is 37.1 Å². The van der Waals surface area contributed by atoms with Crippen molar-refractivity contribution in [3.8, 4) is 11.5 Å². The molecule has 2 aliphatic rings. The molecule has 27 heavy (non-hydrogen) atoms. The normalized spacial score (nSPS) is 15.2. The lowest BCUT2D eigenvalue weighted by Crippen LogP contribution is -2.37. The number of aromatic nitrogens is 4. The topological polar surface area (TPSA) is 141 Å². The number of nitrogens with zero attached hydrogens (tertiary/aromatic N) is 3. The van der Waals surface area contributed by atoms with Gasteiger partial charge in [0.15, 0.2) is 11.5 Å². The van der Waals surface area contributed by atoms with Crippen molar-refractivity contribution in [2.45, 2.75) is 39.5 Å². The fourth-order valence-corrected chi connectivity index (χ4v) is 3.12. The number of fused-ring (bicyclic) bond motifs is 2. The van der Waals surface area contributed by atoms with Gasteiger partial charge in [0, 0.05) is 12.5 Å². The van der Waals surface area contributed by atoms with E-state index < -0.39 is 36.0 Å². The zero-order chi connectivity index (χ0) is 19.9. The minimum absolute atomic E-state index is 0.0229. The number of benzene rings is 1. The average molecular weight is 374 g/mol. The van der Waals surface area contributed by atoms with Crippen LogP contribution in [0.5, 0.6) is 0 Å². The number of rotatable bonds is 5. The van der Waals surface area contributed by atoms with Crippen molar-refractivity contribution < 1.29 is 15.3 Å². The number of aromatic amines is 1. The first kappa shape index (κ1) is 19.2. The van der Waals surface area contributed by atoms with E-state index in [-0.39, 0.29) is 18.1 Å². The van der Waals surface area contributed by atoms with Gasteiger partial charge < -0.3 is 19.9 Å². The van der Waals surface area contributed by atoms with Crippen molar-refractivity contribution in [2.75, 3.05) is 6.61 Å². The Labute approximate surface area is 154 Å². The standard InChI is InChI=1S/C18H22N4O5/c1-8-4-11-12(5-9(8)2)22(6-10(3)15(25)13(24)7-23)16-14(19-11)17(26)21-18(27)20-16/h4-5,10,13,15,23-25H,6-7H2,1-3H3,(H,21,26,27)/t10-,13+,15-/m1/s1. The molecule has 1 aromatic rings. The van der Waals surface area contributed by atoms with E-state index in [2.05, 4.69) is 15.0 Å². The monoisotopic (exact) mass is 374 g/mol. The Morgan fingerprint density at radius 1 is 1.15 bits per heavy atom. The Kier molecular flexibility index (Phi) is 5.09. The number of aliphatic hydroxyl groups excluding tert-OH is 3. The van der Waals surface area contributed by atoms with Crippen molar-refractivity contribution in [1.29, 1.82) is 0 Å². The molecule has 9 heteroatoms. The van der Waals surface area contributed by atoms with Gasteiger partial charge in [0.1, 0.15) is 6.10 Å². The van der Waals surface area contributed by atoms with Crippen LogP contribution in [0.25, 0.3) is 22.6 Å². The van der Waals surface area contributed by atoms with Gasteiger partial charge in [0.2, 0.25) is 0 Å². The highest BCUT2D eigenvalue weighted by Gasteiger charge is 2.26. The van der Waals surface area contributed by atoms with Crippen LogP contribution >= 0.6 is 0 Å². The first-order chi connectivity index (χ1) is 12.7. The third-order valence-electron chi connectivity index (χ3n) is 4.86. The number of hydrogen-bond donors (Lipinski definition) is 4. The van der Waals surface area contributed by atoms with E-state index in [1.807, 2.05) is 26.0 Å². The number of nitrogens with one attached hydrogen (secondary N) is 1. The molecule has 1 aromatic carbocycles. The van der Waals surface area contributed by atoms with E-state index in [1.165, 1.54) is 0 Å². The predicted molar refractivity (Wildman–Crippen MR) is 98.8 cm³/mol. The maximum atomic E-state index is 12.2. The molecule has 0 aromatic heterocycles. The summed E-state index contributed by atoms with van der Waals surface area (Å²) in [5.41, 5.74) is 1.80. The summed E-state index contributed by atoms with van der Waals surface area (Å²) >= 11 is 0. The molecule has 2 aliphatic heterocycles. The van der Waals surface area contributed by atoms with Gasteiger partial charge in [-0.1, -0.05) is 6.92 Å². The summed E-state index contributed by atoms with van der Waals surface area (Å²) in [7, 11) is 0. The Balaban J connectivity index is 2.28. The van der Waals surface area contributed by atoms with E-state index >= 15 is 0 Å². The van der Waals surface area contributed by atoms with Crippen LogP contribution < -0.4 is 11.2 Å². The minimum atomic E-state index is -1.30. The molecule has 0 amide bonds. The fourth-order valence-electron chi connectivity index (χ4n) is 3.12.